The van der Waals surface area contributed by atoms with Gasteiger partial charge in [0.25, 0.3) is 0 Å². The molecular formula is C30H36N6O2. The number of nitrogens with zero attached hydrogens (tertiary/aromatic N) is 3. The molecule has 38 heavy (non-hydrogen) atoms. The molecule has 2 heterocycles. The van der Waals surface area contributed by atoms with Crippen LogP contribution in [0, 0.1) is 6.92 Å². The molecule has 0 radical (unpaired) electrons. The molecule has 8 nitrogen and oxygen atoms in total. The van der Waals surface area contributed by atoms with E-state index in [4.69, 9.17) is 4.74 Å². The highest BCUT2D eigenvalue weighted by Gasteiger charge is 2.23. The normalized spacial score (nSPS) is 17.2. The number of rotatable bonds is 9. The number of carbonyl (C=O) groups excluding carboxylic acids is 1. The van der Waals surface area contributed by atoms with E-state index in [1.807, 2.05) is 86.7 Å². The molecule has 2 aromatic heterocycles. The number of hydrogen-bond acceptors (Lipinski definition) is 6. The molecule has 0 unspecified atom stereocenters. The number of benzene rings is 2. The number of nitrogens with one attached hydrogen (secondary N) is 3. The van der Waals surface area contributed by atoms with Crippen LogP contribution in [-0.4, -0.2) is 47.0 Å². The van der Waals surface area contributed by atoms with Gasteiger partial charge in [0.1, 0.15) is 29.8 Å². The number of aromatic nitrogens is 3. The highest BCUT2D eigenvalue weighted by atomic mass is 16.5. The van der Waals surface area contributed by atoms with E-state index >= 15 is 0 Å². The third-order valence-electron chi connectivity index (χ3n) is 7.07. The Hall–Kier alpha value is -4.07. The average molecular weight is 513 g/mol. The summed E-state index contributed by atoms with van der Waals surface area (Å²) in [7, 11) is 3.96. The molecule has 1 amide bonds. The molecule has 1 saturated carbocycles. The number of carbonyl (C=O) groups is 1. The van der Waals surface area contributed by atoms with Crippen molar-refractivity contribution in [2.45, 2.75) is 57.7 Å². The van der Waals surface area contributed by atoms with Crippen molar-refractivity contribution in [3.63, 3.8) is 0 Å². The van der Waals surface area contributed by atoms with Gasteiger partial charge in [0.2, 0.25) is 5.91 Å². The number of hydrogen-bond donors (Lipinski definition) is 3. The lowest BCUT2D eigenvalue weighted by atomic mass is 9.91. The Labute approximate surface area is 223 Å². The number of anilines is 2. The van der Waals surface area contributed by atoms with Gasteiger partial charge in [-0.05, 0) is 61.9 Å². The summed E-state index contributed by atoms with van der Waals surface area (Å²) in [5.41, 5.74) is 3.11. The molecule has 1 aliphatic rings. The van der Waals surface area contributed by atoms with Crippen LogP contribution in [-0.2, 0) is 17.8 Å². The Kier molecular flexibility index (Phi) is 7.77. The molecule has 1 aliphatic carbocycles. The van der Waals surface area contributed by atoms with Gasteiger partial charge in [-0.25, -0.2) is 9.97 Å². The SMILES string of the molecule is Cc1nc(NC2CCC(NC(=O)Cc3c[nH]c4ccc(OCc5ccccc5)cc34)CC2)cc(N(C)C)n1. The molecule has 0 saturated heterocycles. The summed E-state index contributed by atoms with van der Waals surface area (Å²) >= 11 is 0. The molecular weight excluding hydrogens is 476 g/mol. The van der Waals surface area contributed by atoms with Crippen molar-refractivity contribution in [2.75, 3.05) is 24.3 Å². The van der Waals surface area contributed by atoms with Gasteiger partial charge in [-0.3, -0.25) is 4.79 Å². The zero-order valence-electron chi connectivity index (χ0n) is 22.3. The van der Waals surface area contributed by atoms with Gasteiger partial charge in [-0.2, -0.15) is 0 Å². The van der Waals surface area contributed by atoms with Crippen LogP contribution < -0.4 is 20.3 Å². The fourth-order valence-corrected chi connectivity index (χ4v) is 5.03. The van der Waals surface area contributed by atoms with Crippen LogP contribution in [0.1, 0.15) is 42.6 Å². The van der Waals surface area contributed by atoms with Gasteiger partial charge in [-0.1, -0.05) is 30.3 Å². The predicted octanol–water partition coefficient (Wildman–Crippen LogP) is 4.99. The second kappa shape index (κ2) is 11.5. The Morgan fingerprint density at radius 3 is 2.55 bits per heavy atom. The molecule has 0 spiro atoms. The quantitative estimate of drug-likeness (QED) is 0.292. The van der Waals surface area contributed by atoms with E-state index in [0.717, 1.165) is 70.9 Å². The summed E-state index contributed by atoms with van der Waals surface area (Å²) in [6.45, 7) is 2.43. The highest BCUT2D eigenvalue weighted by Crippen LogP contribution is 2.26. The summed E-state index contributed by atoms with van der Waals surface area (Å²) in [6, 6.07) is 18.6. The summed E-state index contributed by atoms with van der Waals surface area (Å²) in [6.07, 6.45) is 6.13. The topological polar surface area (TPSA) is 95.2 Å². The fourth-order valence-electron chi connectivity index (χ4n) is 5.03. The van der Waals surface area contributed by atoms with Crippen LogP contribution in [0.25, 0.3) is 10.9 Å². The lowest BCUT2D eigenvalue weighted by Gasteiger charge is -2.30. The van der Waals surface area contributed by atoms with Crippen LogP contribution in [0.4, 0.5) is 11.6 Å². The van der Waals surface area contributed by atoms with Gasteiger partial charge >= 0.3 is 0 Å². The van der Waals surface area contributed by atoms with Crippen molar-refractivity contribution in [2.24, 2.45) is 0 Å². The van der Waals surface area contributed by atoms with Gasteiger partial charge in [-0.15, -0.1) is 0 Å². The number of H-pyrrole nitrogens is 1. The van der Waals surface area contributed by atoms with Crippen molar-refractivity contribution in [3.05, 3.63) is 77.7 Å². The maximum atomic E-state index is 12.9. The van der Waals surface area contributed by atoms with Crippen molar-refractivity contribution in [1.29, 1.82) is 0 Å². The minimum atomic E-state index is 0.0555. The van der Waals surface area contributed by atoms with E-state index in [1.54, 1.807) is 0 Å². The zero-order valence-corrected chi connectivity index (χ0v) is 22.3. The van der Waals surface area contributed by atoms with Crippen molar-refractivity contribution in [3.8, 4) is 5.75 Å². The first-order chi connectivity index (χ1) is 18.4. The van der Waals surface area contributed by atoms with Crippen molar-refractivity contribution in [1.82, 2.24) is 20.3 Å². The first-order valence-electron chi connectivity index (χ1n) is 13.3. The second-order valence-electron chi connectivity index (χ2n) is 10.3. The van der Waals surface area contributed by atoms with Crippen molar-refractivity contribution >= 4 is 28.4 Å². The largest absolute Gasteiger partial charge is 0.489 e. The molecule has 0 aliphatic heterocycles. The number of aryl methyl sites for hydroxylation is 1. The Balaban J connectivity index is 1.13. The van der Waals surface area contributed by atoms with Gasteiger partial charge < -0.3 is 25.3 Å². The molecule has 0 atom stereocenters. The first-order valence-corrected chi connectivity index (χ1v) is 13.3. The lowest BCUT2D eigenvalue weighted by Crippen LogP contribution is -2.40. The summed E-state index contributed by atoms with van der Waals surface area (Å²) in [4.78, 5) is 27.2. The summed E-state index contributed by atoms with van der Waals surface area (Å²) in [5.74, 6) is 3.37. The van der Waals surface area contributed by atoms with Crippen LogP contribution in [0.5, 0.6) is 5.75 Å². The standard InChI is InChI=1S/C30H36N6O2/c1-20-32-28(17-29(33-20)36(2)3)34-23-9-11-24(12-10-23)35-30(37)15-22-18-31-27-14-13-25(16-26(22)27)38-19-21-7-5-4-6-8-21/h4-8,13-14,16-18,23-24,31H,9-12,15,19H2,1-3H3,(H,35,37)(H,32,33,34). The molecule has 8 heteroatoms. The summed E-state index contributed by atoms with van der Waals surface area (Å²) in [5, 5.41) is 7.85. The predicted molar refractivity (Wildman–Crippen MR) is 152 cm³/mol. The third-order valence-corrected chi connectivity index (χ3v) is 7.07. The monoisotopic (exact) mass is 512 g/mol. The summed E-state index contributed by atoms with van der Waals surface area (Å²) < 4.78 is 6.00. The van der Waals surface area contributed by atoms with E-state index in [0.29, 0.717) is 19.1 Å². The maximum Gasteiger partial charge on any atom is 0.224 e. The molecule has 2 aromatic carbocycles. The Bertz CT molecular complexity index is 1380. The van der Waals surface area contributed by atoms with E-state index in [2.05, 4.69) is 25.6 Å². The molecule has 4 aromatic rings. The lowest BCUT2D eigenvalue weighted by molar-refractivity contribution is -0.121. The third kappa shape index (κ3) is 6.43. The van der Waals surface area contributed by atoms with E-state index < -0.39 is 0 Å². The van der Waals surface area contributed by atoms with E-state index in [9.17, 15) is 4.79 Å². The zero-order chi connectivity index (χ0) is 26.5. The Morgan fingerprint density at radius 2 is 1.79 bits per heavy atom. The smallest absolute Gasteiger partial charge is 0.224 e. The fraction of sp³-hybridized carbons (Fsp3) is 0.367. The maximum absolute atomic E-state index is 12.9. The average Bonchev–Trinajstić information content (AvgIpc) is 3.30. The van der Waals surface area contributed by atoms with Gasteiger partial charge in [0.15, 0.2) is 0 Å². The van der Waals surface area contributed by atoms with Crippen LogP contribution in [0.3, 0.4) is 0 Å². The van der Waals surface area contributed by atoms with Gasteiger partial charge in [0.05, 0.1) is 6.42 Å². The number of ether oxygens (including phenoxy) is 1. The highest BCUT2D eigenvalue weighted by molar-refractivity contribution is 5.89. The minimum Gasteiger partial charge on any atom is -0.489 e. The molecule has 3 N–H and O–H groups in total. The number of aromatic amines is 1. The van der Waals surface area contributed by atoms with E-state index in [1.165, 1.54) is 0 Å². The molecule has 1 fully saturated rings. The van der Waals surface area contributed by atoms with E-state index in [-0.39, 0.29) is 11.9 Å². The second-order valence-corrected chi connectivity index (χ2v) is 10.3. The molecule has 5 rings (SSSR count). The van der Waals surface area contributed by atoms with Crippen molar-refractivity contribution < 1.29 is 9.53 Å². The first kappa shape index (κ1) is 25.6. The number of amides is 1. The molecule has 0 bridgehead atoms. The van der Waals surface area contributed by atoms with Crippen LogP contribution in [0.15, 0.2) is 60.8 Å². The Morgan fingerprint density at radius 1 is 1.03 bits per heavy atom. The van der Waals surface area contributed by atoms with Crippen LogP contribution >= 0.6 is 0 Å². The van der Waals surface area contributed by atoms with Crippen LogP contribution in [0.2, 0.25) is 0 Å². The minimum absolute atomic E-state index is 0.0555. The van der Waals surface area contributed by atoms with Gasteiger partial charge in [0, 0.05) is 49.3 Å². The molecule has 198 valence electrons. The number of fused-ring (bicyclic) bond motifs is 1.